The van der Waals surface area contributed by atoms with Crippen LogP contribution in [0.3, 0.4) is 0 Å². The second kappa shape index (κ2) is 10.5. The van der Waals surface area contributed by atoms with E-state index in [-0.39, 0.29) is 0 Å². The molecule has 3 heterocycles. The molecule has 5 heteroatoms. The monoisotopic (exact) mass is 604 g/mol. The van der Waals surface area contributed by atoms with Crippen LogP contribution in [0.2, 0.25) is 0 Å². The lowest BCUT2D eigenvalue weighted by Crippen LogP contribution is -1.97. The molecule has 0 fully saturated rings. The van der Waals surface area contributed by atoms with Crippen molar-refractivity contribution in [1.82, 2.24) is 14.5 Å². The Morgan fingerprint density at radius 1 is 0.500 bits per heavy atom. The predicted octanol–water partition coefficient (Wildman–Crippen LogP) is 10.8. The van der Waals surface area contributed by atoms with Crippen molar-refractivity contribution in [3.8, 4) is 45.7 Å². The number of hydrogen-bond acceptors (Lipinski definition) is 4. The molecule has 9 rings (SSSR count). The molecule has 0 bridgehead atoms. The zero-order chi connectivity index (χ0) is 30.6. The van der Waals surface area contributed by atoms with Crippen molar-refractivity contribution >= 4 is 53.3 Å². The number of hydrogen-bond donors (Lipinski definition) is 0. The van der Waals surface area contributed by atoms with Crippen molar-refractivity contribution in [1.29, 1.82) is 5.26 Å². The van der Waals surface area contributed by atoms with E-state index in [4.69, 9.17) is 9.97 Å². The van der Waals surface area contributed by atoms with Gasteiger partial charge in [0, 0.05) is 53.3 Å². The standard InChI is InChI=1S/C41H24N4S/c42-25-26-14-16-28(17-15-26)36-24-35(27-8-2-1-3-9-27)43-41(44-36)29-18-20-30(21-19-29)45-37-12-6-4-10-31(37)33-23-40-34(22-38(33)45)32-11-5-7-13-39(32)46-40/h1-24H. The van der Waals surface area contributed by atoms with Crippen molar-refractivity contribution < 1.29 is 0 Å². The first kappa shape index (κ1) is 26.3. The number of nitriles is 1. The summed E-state index contributed by atoms with van der Waals surface area (Å²) in [6.07, 6.45) is 0. The van der Waals surface area contributed by atoms with Gasteiger partial charge >= 0.3 is 0 Å². The summed E-state index contributed by atoms with van der Waals surface area (Å²) in [5.74, 6) is 0.654. The quantitative estimate of drug-likeness (QED) is 0.201. The van der Waals surface area contributed by atoms with Crippen molar-refractivity contribution in [2.24, 2.45) is 0 Å². The number of para-hydroxylation sites is 1. The van der Waals surface area contributed by atoms with Crippen molar-refractivity contribution in [2.45, 2.75) is 0 Å². The minimum atomic E-state index is 0.620. The van der Waals surface area contributed by atoms with E-state index in [0.29, 0.717) is 11.4 Å². The predicted molar refractivity (Wildman–Crippen MR) is 190 cm³/mol. The van der Waals surface area contributed by atoms with Crippen LogP contribution in [0.4, 0.5) is 0 Å². The maximum atomic E-state index is 9.29. The third kappa shape index (κ3) is 4.28. The van der Waals surface area contributed by atoms with Gasteiger partial charge in [0.25, 0.3) is 0 Å². The summed E-state index contributed by atoms with van der Waals surface area (Å²) >= 11 is 1.85. The van der Waals surface area contributed by atoms with E-state index in [2.05, 4.69) is 108 Å². The van der Waals surface area contributed by atoms with Gasteiger partial charge in [0.2, 0.25) is 0 Å². The maximum Gasteiger partial charge on any atom is 0.160 e. The lowest BCUT2D eigenvalue weighted by molar-refractivity contribution is 1.16. The molecular formula is C41H24N4S. The second-order valence-corrected chi connectivity index (χ2v) is 12.5. The van der Waals surface area contributed by atoms with E-state index in [1.807, 2.05) is 59.9 Å². The first-order valence-corrected chi connectivity index (χ1v) is 16.0. The molecule has 9 aromatic rings. The number of thiophene rings is 1. The van der Waals surface area contributed by atoms with Gasteiger partial charge in [0.1, 0.15) is 0 Å². The fraction of sp³-hybridized carbons (Fsp3) is 0. The van der Waals surface area contributed by atoms with Gasteiger partial charge in [0.05, 0.1) is 34.1 Å². The second-order valence-electron chi connectivity index (χ2n) is 11.4. The Hall–Kier alpha value is -6.09. The molecule has 0 radical (unpaired) electrons. The zero-order valence-electron chi connectivity index (χ0n) is 24.6. The molecule has 4 nitrogen and oxygen atoms in total. The number of rotatable bonds is 4. The van der Waals surface area contributed by atoms with Crippen molar-refractivity contribution in [3.05, 3.63) is 151 Å². The van der Waals surface area contributed by atoms with Crippen LogP contribution in [0.5, 0.6) is 0 Å². The minimum Gasteiger partial charge on any atom is -0.309 e. The van der Waals surface area contributed by atoms with Gasteiger partial charge in [-0.1, -0.05) is 78.9 Å². The number of fused-ring (bicyclic) bond motifs is 6. The Balaban J connectivity index is 1.20. The van der Waals surface area contributed by atoms with Crippen LogP contribution in [-0.4, -0.2) is 14.5 Å². The van der Waals surface area contributed by atoms with Gasteiger partial charge < -0.3 is 4.57 Å². The normalized spacial score (nSPS) is 11.5. The van der Waals surface area contributed by atoms with Gasteiger partial charge in [-0.3, -0.25) is 0 Å². The van der Waals surface area contributed by atoms with Crippen LogP contribution in [0, 0.1) is 11.3 Å². The number of aromatic nitrogens is 3. The molecule has 0 saturated heterocycles. The van der Waals surface area contributed by atoms with Gasteiger partial charge in [-0.05, 0) is 66.7 Å². The van der Waals surface area contributed by atoms with Crippen LogP contribution in [0.25, 0.3) is 81.6 Å². The molecule has 0 unspecified atom stereocenters. The van der Waals surface area contributed by atoms with Crippen molar-refractivity contribution in [3.63, 3.8) is 0 Å². The smallest absolute Gasteiger partial charge is 0.160 e. The molecule has 0 N–H and O–H groups in total. The number of nitrogens with zero attached hydrogens (tertiary/aromatic N) is 4. The summed E-state index contributed by atoms with van der Waals surface area (Å²) in [5, 5.41) is 14.4. The Morgan fingerprint density at radius 2 is 1.15 bits per heavy atom. The van der Waals surface area contributed by atoms with E-state index >= 15 is 0 Å². The molecular weight excluding hydrogens is 581 g/mol. The Labute approximate surface area is 269 Å². The first-order valence-electron chi connectivity index (χ1n) is 15.1. The van der Waals surface area contributed by atoms with Crippen LogP contribution in [-0.2, 0) is 0 Å². The van der Waals surface area contributed by atoms with Gasteiger partial charge in [0.15, 0.2) is 5.82 Å². The molecule has 214 valence electrons. The summed E-state index contributed by atoms with van der Waals surface area (Å²) in [6, 6.07) is 52.5. The number of benzene rings is 6. The third-order valence-electron chi connectivity index (χ3n) is 8.66. The lowest BCUT2D eigenvalue weighted by atomic mass is 10.1. The molecule has 0 aliphatic carbocycles. The first-order chi connectivity index (χ1) is 22.7. The zero-order valence-corrected chi connectivity index (χ0v) is 25.4. The Bertz CT molecular complexity index is 2620. The van der Waals surface area contributed by atoms with E-state index in [1.54, 1.807) is 0 Å². The maximum absolute atomic E-state index is 9.29. The third-order valence-corrected chi connectivity index (χ3v) is 9.79. The summed E-state index contributed by atoms with van der Waals surface area (Å²) in [4.78, 5) is 10.0. The van der Waals surface area contributed by atoms with Gasteiger partial charge in [-0.2, -0.15) is 5.26 Å². The van der Waals surface area contributed by atoms with Crippen LogP contribution >= 0.6 is 11.3 Å². The van der Waals surface area contributed by atoms with Gasteiger partial charge in [-0.15, -0.1) is 11.3 Å². The molecule has 0 atom stereocenters. The average Bonchev–Trinajstić information content (AvgIpc) is 3.65. The lowest BCUT2D eigenvalue weighted by Gasteiger charge is -2.11. The highest BCUT2D eigenvalue weighted by atomic mass is 32.1. The topological polar surface area (TPSA) is 54.5 Å². The average molecular weight is 605 g/mol. The van der Waals surface area contributed by atoms with Crippen LogP contribution in [0.1, 0.15) is 5.56 Å². The van der Waals surface area contributed by atoms with E-state index < -0.39 is 0 Å². The molecule has 0 amide bonds. The molecule has 0 aliphatic heterocycles. The SMILES string of the molecule is N#Cc1ccc(-c2cc(-c3ccccc3)nc(-c3ccc(-n4c5ccccc5c5cc6sc7ccccc7c6cc54)cc3)n2)cc1. The summed E-state index contributed by atoms with van der Waals surface area (Å²) < 4.78 is 4.98. The van der Waals surface area contributed by atoms with Gasteiger partial charge in [-0.25, -0.2) is 9.97 Å². The molecule has 0 aliphatic rings. The summed E-state index contributed by atoms with van der Waals surface area (Å²) in [6.45, 7) is 0. The van der Waals surface area contributed by atoms with E-state index in [9.17, 15) is 5.26 Å². The largest absolute Gasteiger partial charge is 0.309 e. The summed E-state index contributed by atoms with van der Waals surface area (Å²) in [5.41, 5.74) is 8.63. The Morgan fingerprint density at radius 3 is 1.91 bits per heavy atom. The fourth-order valence-corrected chi connectivity index (χ4v) is 7.55. The van der Waals surface area contributed by atoms with Crippen LogP contribution in [0.15, 0.2) is 146 Å². The molecule has 46 heavy (non-hydrogen) atoms. The van der Waals surface area contributed by atoms with Crippen LogP contribution < -0.4 is 0 Å². The molecule has 6 aromatic carbocycles. The molecule has 3 aromatic heterocycles. The fourth-order valence-electron chi connectivity index (χ4n) is 6.42. The highest BCUT2D eigenvalue weighted by molar-refractivity contribution is 7.25. The van der Waals surface area contributed by atoms with E-state index in [0.717, 1.165) is 33.8 Å². The molecule has 0 spiro atoms. The van der Waals surface area contributed by atoms with E-state index in [1.165, 1.54) is 42.0 Å². The summed E-state index contributed by atoms with van der Waals surface area (Å²) in [7, 11) is 0. The van der Waals surface area contributed by atoms with Crippen molar-refractivity contribution in [2.75, 3.05) is 0 Å². The highest BCUT2D eigenvalue weighted by Crippen LogP contribution is 2.40. The highest BCUT2D eigenvalue weighted by Gasteiger charge is 2.16. The minimum absolute atomic E-state index is 0.620. The molecule has 0 saturated carbocycles. The Kier molecular flexibility index (Phi) is 6.02.